The first-order valence-corrected chi connectivity index (χ1v) is 3.92. The first-order valence-electron chi connectivity index (χ1n) is 3.92. The van der Waals surface area contributed by atoms with Crippen molar-refractivity contribution < 1.29 is 4.39 Å². The predicted molar refractivity (Wildman–Crippen MR) is 38.4 cm³/mol. The van der Waals surface area contributed by atoms with Gasteiger partial charge in [0.15, 0.2) is 0 Å². The third kappa shape index (κ3) is 0.870. The average molecular weight is 141 g/mol. The molecule has 0 aliphatic carbocycles. The fourth-order valence-corrected chi connectivity index (χ4v) is 2.04. The van der Waals surface area contributed by atoms with Crippen LogP contribution in [0.4, 0.5) is 4.39 Å². The second-order valence-corrected chi connectivity index (χ2v) is 3.24. The summed E-state index contributed by atoms with van der Waals surface area (Å²) in [5.74, 6) is 0. The Morgan fingerprint density at radius 1 is 1.60 bits per heavy atom. The number of rotatable bonds is 0. The largest absolute Gasteiger partial charge is 0.296 e. The SMILES string of the molecule is F/C=C1/CC2CCCN2C1. The van der Waals surface area contributed by atoms with Gasteiger partial charge in [0.2, 0.25) is 0 Å². The number of hydrogen-bond acceptors (Lipinski definition) is 1. The number of hydrogen-bond donors (Lipinski definition) is 0. The predicted octanol–water partition coefficient (Wildman–Crippen LogP) is 1.71. The third-order valence-electron chi connectivity index (χ3n) is 2.56. The van der Waals surface area contributed by atoms with E-state index in [1.165, 1.54) is 19.4 Å². The van der Waals surface area contributed by atoms with Crippen LogP contribution in [0.5, 0.6) is 0 Å². The van der Waals surface area contributed by atoms with Gasteiger partial charge in [-0.2, -0.15) is 0 Å². The summed E-state index contributed by atoms with van der Waals surface area (Å²) in [6.45, 7) is 2.07. The molecule has 1 nitrogen and oxygen atoms in total. The normalized spacial score (nSPS) is 37.3. The van der Waals surface area contributed by atoms with Crippen molar-refractivity contribution in [1.82, 2.24) is 4.90 Å². The minimum Gasteiger partial charge on any atom is -0.296 e. The number of halogens is 1. The van der Waals surface area contributed by atoms with E-state index in [9.17, 15) is 4.39 Å². The Morgan fingerprint density at radius 2 is 2.50 bits per heavy atom. The summed E-state index contributed by atoms with van der Waals surface area (Å²) in [5, 5.41) is 0. The van der Waals surface area contributed by atoms with Gasteiger partial charge in [-0.1, -0.05) is 0 Å². The summed E-state index contributed by atoms with van der Waals surface area (Å²) in [6.07, 6.45) is 4.36. The highest BCUT2D eigenvalue weighted by atomic mass is 19.1. The van der Waals surface area contributed by atoms with Crippen LogP contribution < -0.4 is 0 Å². The highest BCUT2D eigenvalue weighted by Crippen LogP contribution is 2.30. The fraction of sp³-hybridized carbons (Fsp3) is 0.750. The molecule has 2 aliphatic rings. The van der Waals surface area contributed by atoms with Gasteiger partial charge in [-0.15, -0.1) is 0 Å². The topological polar surface area (TPSA) is 3.24 Å². The summed E-state index contributed by atoms with van der Waals surface area (Å²) in [5.41, 5.74) is 0.990. The smallest absolute Gasteiger partial charge is 0.0872 e. The molecule has 10 heavy (non-hydrogen) atoms. The van der Waals surface area contributed by atoms with Gasteiger partial charge in [0, 0.05) is 12.6 Å². The van der Waals surface area contributed by atoms with Crippen LogP contribution in [-0.4, -0.2) is 24.0 Å². The molecule has 0 aromatic rings. The minimum absolute atomic E-state index is 0.682. The Kier molecular flexibility index (Phi) is 1.49. The lowest BCUT2D eigenvalue weighted by atomic mass is 10.1. The highest BCUT2D eigenvalue weighted by Gasteiger charge is 2.31. The molecule has 2 saturated heterocycles. The summed E-state index contributed by atoms with van der Waals surface area (Å²) in [6, 6.07) is 0.682. The zero-order chi connectivity index (χ0) is 6.97. The molecule has 0 aromatic carbocycles. The van der Waals surface area contributed by atoms with Crippen molar-refractivity contribution >= 4 is 0 Å². The summed E-state index contributed by atoms with van der Waals surface area (Å²) >= 11 is 0. The van der Waals surface area contributed by atoms with Gasteiger partial charge in [0.1, 0.15) is 0 Å². The van der Waals surface area contributed by atoms with Crippen LogP contribution in [-0.2, 0) is 0 Å². The molecule has 2 heterocycles. The van der Waals surface area contributed by atoms with Crippen molar-refractivity contribution in [3.05, 3.63) is 11.9 Å². The van der Waals surface area contributed by atoms with Gasteiger partial charge < -0.3 is 0 Å². The summed E-state index contributed by atoms with van der Waals surface area (Å²) in [7, 11) is 0. The van der Waals surface area contributed by atoms with Crippen LogP contribution >= 0.6 is 0 Å². The maximum absolute atomic E-state index is 12.0. The van der Waals surface area contributed by atoms with E-state index in [-0.39, 0.29) is 0 Å². The Balaban J connectivity index is 2.07. The van der Waals surface area contributed by atoms with E-state index in [4.69, 9.17) is 0 Å². The summed E-state index contributed by atoms with van der Waals surface area (Å²) in [4.78, 5) is 2.38. The molecule has 0 amide bonds. The minimum atomic E-state index is 0.682. The molecule has 0 saturated carbocycles. The first-order chi connectivity index (χ1) is 4.90. The molecule has 2 fully saturated rings. The molecule has 56 valence electrons. The van der Waals surface area contributed by atoms with Gasteiger partial charge in [-0.3, -0.25) is 4.90 Å². The van der Waals surface area contributed by atoms with Crippen LogP contribution in [0.1, 0.15) is 19.3 Å². The quantitative estimate of drug-likeness (QED) is 0.496. The van der Waals surface area contributed by atoms with Gasteiger partial charge in [-0.25, -0.2) is 4.39 Å². The Morgan fingerprint density at radius 3 is 3.20 bits per heavy atom. The summed E-state index contributed by atoms with van der Waals surface area (Å²) < 4.78 is 12.0. The van der Waals surface area contributed by atoms with Crippen LogP contribution in [0.2, 0.25) is 0 Å². The zero-order valence-corrected chi connectivity index (χ0v) is 6.02. The van der Waals surface area contributed by atoms with E-state index in [0.717, 1.165) is 24.9 Å². The highest BCUT2D eigenvalue weighted by molar-refractivity contribution is 5.11. The van der Waals surface area contributed by atoms with Crippen molar-refractivity contribution in [2.45, 2.75) is 25.3 Å². The van der Waals surface area contributed by atoms with Gasteiger partial charge in [0.25, 0.3) is 0 Å². The lowest BCUT2D eigenvalue weighted by molar-refractivity contribution is 0.327. The van der Waals surface area contributed by atoms with Crippen LogP contribution in [0.3, 0.4) is 0 Å². The van der Waals surface area contributed by atoms with Crippen molar-refractivity contribution in [3.63, 3.8) is 0 Å². The molecule has 1 atom stereocenters. The Hall–Kier alpha value is -0.370. The molecule has 0 bridgehead atoms. The van der Waals surface area contributed by atoms with E-state index in [1.54, 1.807) is 0 Å². The van der Waals surface area contributed by atoms with Gasteiger partial charge in [0.05, 0.1) is 6.33 Å². The maximum Gasteiger partial charge on any atom is 0.0872 e. The van der Waals surface area contributed by atoms with Crippen molar-refractivity contribution in [1.29, 1.82) is 0 Å². The number of nitrogens with zero attached hydrogens (tertiary/aromatic N) is 1. The molecule has 2 heteroatoms. The van der Waals surface area contributed by atoms with Gasteiger partial charge in [-0.05, 0) is 31.4 Å². The Labute approximate surface area is 60.5 Å². The van der Waals surface area contributed by atoms with E-state index >= 15 is 0 Å². The molecular weight excluding hydrogens is 129 g/mol. The lowest BCUT2D eigenvalue weighted by Crippen LogP contribution is -2.21. The van der Waals surface area contributed by atoms with Crippen LogP contribution in [0.15, 0.2) is 11.9 Å². The monoisotopic (exact) mass is 141 g/mol. The second kappa shape index (κ2) is 2.35. The van der Waals surface area contributed by atoms with E-state index in [2.05, 4.69) is 4.90 Å². The number of fused-ring (bicyclic) bond motifs is 1. The van der Waals surface area contributed by atoms with Crippen LogP contribution in [0.25, 0.3) is 0 Å². The molecule has 2 aliphatic heterocycles. The standard InChI is InChI=1S/C8H12FN/c9-5-7-4-8-2-1-3-10(8)6-7/h5,8H,1-4,6H2/b7-5-. The van der Waals surface area contributed by atoms with Crippen LogP contribution in [0, 0.1) is 0 Å². The molecule has 1 unspecified atom stereocenters. The lowest BCUT2D eigenvalue weighted by Gasteiger charge is -2.11. The average Bonchev–Trinajstić information content (AvgIpc) is 2.42. The van der Waals surface area contributed by atoms with Crippen molar-refractivity contribution in [2.75, 3.05) is 13.1 Å². The maximum atomic E-state index is 12.0. The van der Waals surface area contributed by atoms with E-state index < -0.39 is 0 Å². The molecule has 0 radical (unpaired) electrons. The second-order valence-electron chi connectivity index (χ2n) is 3.24. The zero-order valence-electron chi connectivity index (χ0n) is 6.02. The molecular formula is C8H12FN. The van der Waals surface area contributed by atoms with Crippen molar-refractivity contribution in [2.24, 2.45) is 0 Å². The van der Waals surface area contributed by atoms with Crippen molar-refractivity contribution in [3.8, 4) is 0 Å². The third-order valence-corrected chi connectivity index (χ3v) is 2.56. The first kappa shape index (κ1) is 6.35. The molecule has 0 spiro atoms. The fourth-order valence-electron chi connectivity index (χ4n) is 2.04. The van der Waals surface area contributed by atoms with E-state index in [1.807, 2.05) is 0 Å². The van der Waals surface area contributed by atoms with Gasteiger partial charge >= 0.3 is 0 Å². The molecule has 0 N–H and O–H groups in total. The Bertz CT molecular complexity index is 151. The molecule has 2 rings (SSSR count). The molecule has 0 aromatic heterocycles. The van der Waals surface area contributed by atoms with E-state index in [0.29, 0.717) is 6.04 Å².